The fraction of sp³-hybridized carbons (Fsp3) is 0.500. The SMILES string of the molecule is CCCC=C[C@@]1(c2ccc3c(N)ncnn23)O[C@H](CO)[C@@H](O)[C@H]1O. The average Bonchev–Trinajstić information content (AvgIpc) is 3.12. The number of hydrogen-bond acceptors (Lipinski definition) is 7. The van der Waals surface area contributed by atoms with Gasteiger partial charge in [-0.25, -0.2) is 9.50 Å². The molecule has 2 aromatic rings. The quantitative estimate of drug-likeness (QED) is 0.566. The molecule has 0 radical (unpaired) electrons. The van der Waals surface area contributed by atoms with Gasteiger partial charge in [0.2, 0.25) is 0 Å². The molecule has 3 rings (SSSR count). The maximum atomic E-state index is 10.7. The van der Waals surface area contributed by atoms with Crippen molar-refractivity contribution in [3.63, 3.8) is 0 Å². The molecule has 0 saturated carbocycles. The van der Waals surface area contributed by atoms with Gasteiger partial charge in [0.15, 0.2) is 11.4 Å². The van der Waals surface area contributed by atoms with Crippen molar-refractivity contribution >= 4 is 11.3 Å². The van der Waals surface area contributed by atoms with Crippen LogP contribution >= 0.6 is 0 Å². The second kappa shape index (κ2) is 6.48. The molecule has 8 heteroatoms. The van der Waals surface area contributed by atoms with E-state index in [0.717, 1.165) is 12.8 Å². The van der Waals surface area contributed by atoms with Crippen LogP contribution in [0.5, 0.6) is 0 Å². The summed E-state index contributed by atoms with van der Waals surface area (Å²) in [6, 6.07) is 3.46. The van der Waals surface area contributed by atoms with Gasteiger partial charge in [0, 0.05) is 0 Å². The maximum Gasteiger partial charge on any atom is 0.157 e. The highest BCUT2D eigenvalue weighted by molar-refractivity contribution is 5.66. The number of fused-ring (bicyclic) bond motifs is 1. The molecule has 24 heavy (non-hydrogen) atoms. The summed E-state index contributed by atoms with van der Waals surface area (Å²) >= 11 is 0. The van der Waals surface area contributed by atoms with Gasteiger partial charge < -0.3 is 25.8 Å². The largest absolute Gasteiger partial charge is 0.394 e. The van der Waals surface area contributed by atoms with Gasteiger partial charge in [-0.05, 0) is 24.6 Å². The Morgan fingerprint density at radius 3 is 2.88 bits per heavy atom. The fourth-order valence-electron chi connectivity index (χ4n) is 3.10. The van der Waals surface area contributed by atoms with E-state index in [-0.39, 0.29) is 0 Å². The van der Waals surface area contributed by atoms with E-state index in [4.69, 9.17) is 10.5 Å². The summed E-state index contributed by atoms with van der Waals surface area (Å²) in [5, 5.41) is 34.6. The molecule has 0 aromatic carbocycles. The molecule has 2 aromatic heterocycles. The Hall–Kier alpha value is -2.00. The Balaban J connectivity index is 2.16. The van der Waals surface area contributed by atoms with Crippen LogP contribution < -0.4 is 5.73 Å². The zero-order chi connectivity index (χ0) is 17.3. The van der Waals surface area contributed by atoms with Crippen LogP contribution in [0.25, 0.3) is 5.52 Å². The summed E-state index contributed by atoms with van der Waals surface area (Å²) in [6.45, 7) is 1.64. The molecule has 1 fully saturated rings. The first-order valence-electron chi connectivity index (χ1n) is 7.96. The van der Waals surface area contributed by atoms with Gasteiger partial charge in [-0.3, -0.25) is 0 Å². The van der Waals surface area contributed by atoms with Gasteiger partial charge in [0.25, 0.3) is 0 Å². The van der Waals surface area contributed by atoms with Crippen LogP contribution in [0.2, 0.25) is 0 Å². The predicted molar refractivity (Wildman–Crippen MR) is 87.1 cm³/mol. The number of hydrogen-bond donors (Lipinski definition) is 4. The van der Waals surface area contributed by atoms with Gasteiger partial charge in [-0.1, -0.05) is 19.4 Å². The number of anilines is 1. The Bertz CT molecular complexity index is 747. The highest BCUT2D eigenvalue weighted by Crippen LogP contribution is 2.42. The molecule has 1 aliphatic heterocycles. The van der Waals surface area contributed by atoms with E-state index in [1.54, 1.807) is 18.2 Å². The van der Waals surface area contributed by atoms with Crippen molar-refractivity contribution in [2.24, 2.45) is 0 Å². The molecule has 0 aliphatic carbocycles. The van der Waals surface area contributed by atoms with Crippen molar-refractivity contribution in [2.75, 3.05) is 12.3 Å². The Morgan fingerprint density at radius 2 is 2.21 bits per heavy atom. The van der Waals surface area contributed by atoms with Crippen molar-refractivity contribution in [2.45, 2.75) is 43.7 Å². The molecule has 3 heterocycles. The van der Waals surface area contributed by atoms with Crippen LogP contribution in [0.4, 0.5) is 5.82 Å². The summed E-state index contributed by atoms with van der Waals surface area (Å²) in [5.41, 5.74) is 5.63. The van der Waals surface area contributed by atoms with Crippen molar-refractivity contribution in [3.8, 4) is 0 Å². The van der Waals surface area contributed by atoms with E-state index in [2.05, 4.69) is 10.1 Å². The Morgan fingerprint density at radius 1 is 1.42 bits per heavy atom. The normalized spacial score (nSPS) is 30.6. The van der Waals surface area contributed by atoms with Crippen LogP contribution in [0.15, 0.2) is 30.6 Å². The Kier molecular flexibility index (Phi) is 4.55. The molecular formula is C16H22N4O4. The van der Waals surface area contributed by atoms with Crippen LogP contribution in [-0.2, 0) is 10.3 Å². The van der Waals surface area contributed by atoms with Crippen LogP contribution in [-0.4, -0.2) is 54.8 Å². The standard InChI is InChI=1S/C16H22N4O4/c1-2-3-4-7-16(14(23)13(22)11(8-21)24-16)12-6-5-10-15(17)18-9-19-20(10)12/h4-7,9,11,13-14,21-23H,2-3,8H2,1H3,(H2,17,18,19)/t11-,13-,14-,16+/m1/s1. The molecule has 4 atom stereocenters. The lowest BCUT2D eigenvalue weighted by atomic mass is 9.90. The summed E-state index contributed by atoms with van der Waals surface area (Å²) in [7, 11) is 0. The first-order chi connectivity index (χ1) is 11.5. The molecule has 1 saturated heterocycles. The monoisotopic (exact) mass is 334 g/mol. The third-order valence-electron chi connectivity index (χ3n) is 4.37. The van der Waals surface area contributed by atoms with Crippen molar-refractivity contribution in [3.05, 3.63) is 36.3 Å². The smallest absolute Gasteiger partial charge is 0.157 e. The van der Waals surface area contributed by atoms with Crippen LogP contribution in [0.3, 0.4) is 0 Å². The highest BCUT2D eigenvalue weighted by Gasteiger charge is 2.54. The lowest BCUT2D eigenvalue weighted by Gasteiger charge is -2.28. The van der Waals surface area contributed by atoms with E-state index in [9.17, 15) is 15.3 Å². The molecule has 0 unspecified atom stereocenters. The topological polar surface area (TPSA) is 126 Å². The van der Waals surface area contributed by atoms with Gasteiger partial charge >= 0.3 is 0 Å². The van der Waals surface area contributed by atoms with Gasteiger partial charge in [0.1, 0.15) is 30.2 Å². The van der Waals surface area contributed by atoms with Gasteiger partial charge in [0.05, 0.1) is 12.3 Å². The number of unbranched alkanes of at least 4 members (excludes halogenated alkanes) is 1. The summed E-state index contributed by atoms with van der Waals surface area (Å²) in [5.74, 6) is 0.302. The minimum absolute atomic E-state index is 0.302. The van der Waals surface area contributed by atoms with Crippen LogP contribution in [0, 0.1) is 0 Å². The third kappa shape index (κ3) is 2.48. The third-order valence-corrected chi connectivity index (χ3v) is 4.37. The first-order valence-corrected chi connectivity index (χ1v) is 7.96. The van der Waals surface area contributed by atoms with E-state index >= 15 is 0 Å². The predicted octanol–water partition coefficient (Wildman–Crippen LogP) is -0.0240. The van der Waals surface area contributed by atoms with Crippen molar-refractivity contribution < 1.29 is 20.1 Å². The number of nitrogen functional groups attached to an aromatic ring is 1. The molecule has 1 aliphatic rings. The van der Waals surface area contributed by atoms with E-state index in [0.29, 0.717) is 17.0 Å². The maximum absolute atomic E-state index is 10.7. The average molecular weight is 334 g/mol. The first kappa shape index (κ1) is 16.8. The lowest BCUT2D eigenvalue weighted by molar-refractivity contribution is -0.0695. The van der Waals surface area contributed by atoms with Crippen molar-refractivity contribution in [1.29, 1.82) is 0 Å². The van der Waals surface area contributed by atoms with Crippen LogP contribution in [0.1, 0.15) is 25.5 Å². The number of aromatic nitrogens is 3. The fourth-order valence-corrected chi connectivity index (χ4v) is 3.10. The lowest BCUT2D eigenvalue weighted by Crippen LogP contribution is -2.40. The number of ether oxygens (including phenoxy) is 1. The second-order valence-electron chi connectivity index (χ2n) is 5.92. The molecule has 8 nitrogen and oxygen atoms in total. The summed E-state index contributed by atoms with van der Waals surface area (Å²) in [4.78, 5) is 3.95. The highest BCUT2D eigenvalue weighted by atomic mass is 16.6. The minimum Gasteiger partial charge on any atom is -0.394 e. The molecule has 130 valence electrons. The number of nitrogens with zero attached hydrogens (tertiary/aromatic N) is 3. The molecule has 0 bridgehead atoms. The molecular weight excluding hydrogens is 312 g/mol. The number of allylic oxidation sites excluding steroid dienone is 1. The zero-order valence-corrected chi connectivity index (χ0v) is 13.4. The summed E-state index contributed by atoms with van der Waals surface area (Å²) < 4.78 is 7.44. The minimum atomic E-state index is -1.32. The zero-order valence-electron chi connectivity index (χ0n) is 13.4. The summed E-state index contributed by atoms with van der Waals surface area (Å²) in [6.07, 6.45) is 3.28. The van der Waals surface area contributed by atoms with E-state index in [1.165, 1.54) is 10.8 Å². The van der Waals surface area contributed by atoms with E-state index < -0.39 is 30.5 Å². The number of aliphatic hydroxyl groups excluding tert-OH is 3. The number of rotatable bonds is 5. The van der Waals surface area contributed by atoms with E-state index in [1.807, 2.05) is 13.0 Å². The van der Waals surface area contributed by atoms with Gasteiger partial charge in [-0.15, -0.1) is 0 Å². The second-order valence-corrected chi connectivity index (χ2v) is 5.92. The molecule has 0 spiro atoms. The number of aliphatic hydroxyl groups is 3. The molecule has 0 amide bonds. The van der Waals surface area contributed by atoms with Gasteiger partial charge in [-0.2, -0.15) is 5.10 Å². The number of nitrogens with two attached hydrogens (primary N) is 1. The molecule has 5 N–H and O–H groups in total. The van der Waals surface area contributed by atoms with Crippen molar-refractivity contribution in [1.82, 2.24) is 14.6 Å². The Labute approximate surface area is 139 Å².